The predicted octanol–water partition coefficient (Wildman–Crippen LogP) is 5.83. The molecule has 0 unspecified atom stereocenters. The van der Waals surface area contributed by atoms with Gasteiger partial charge in [0, 0.05) is 0 Å². The Morgan fingerprint density at radius 2 is 1.70 bits per heavy atom. The second-order valence-corrected chi connectivity index (χ2v) is 5.89. The van der Waals surface area contributed by atoms with Gasteiger partial charge in [0.1, 0.15) is 0 Å². The summed E-state index contributed by atoms with van der Waals surface area (Å²) in [6.07, 6.45) is 7.70. The van der Waals surface area contributed by atoms with Gasteiger partial charge in [0.25, 0.3) is 0 Å². The van der Waals surface area contributed by atoms with Crippen LogP contribution in [-0.2, 0) is 21.7 Å². The van der Waals surface area contributed by atoms with E-state index < -0.39 is 0 Å². The standard InChI is InChI=1S/C14H15.C4H10N.Ti/c1-3-12-8-4-5-9-14(12)13-10-6-7-11(13)2;1-4(2,3)5;/h3-9H,10H2,1-2H3;5H,1-3H3;/q2*-1;+2. The Hall–Kier alpha value is -0.756. The SMILES string of the molecule is CC(C)(C)[NH-].C[CH-]c1ccccc1C1=C(C)C=CC1.[Ti+2]. The van der Waals surface area contributed by atoms with Crippen LogP contribution in [0.4, 0.5) is 0 Å². The molecule has 0 atom stereocenters. The fourth-order valence-corrected chi connectivity index (χ4v) is 1.96. The van der Waals surface area contributed by atoms with Crippen LogP contribution in [0.1, 0.15) is 52.2 Å². The summed E-state index contributed by atoms with van der Waals surface area (Å²) >= 11 is 0. The third-order valence-electron chi connectivity index (χ3n) is 2.76. The summed E-state index contributed by atoms with van der Waals surface area (Å²) in [5.41, 5.74) is 12.3. The van der Waals surface area contributed by atoms with E-state index in [-0.39, 0.29) is 27.3 Å². The maximum Gasteiger partial charge on any atom is 2.00 e. The molecule has 1 aliphatic carbocycles. The van der Waals surface area contributed by atoms with E-state index in [1.165, 1.54) is 22.3 Å². The van der Waals surface area contributed by atoms with Gasteiger partial charge >= 0.3 is 21.7 Å². The van der Waals surface area contributed by atoms with Crippen molar-refractivity contribution in [2.75, 3.05) is 0 Å². The summed E-state index contributed by atoms with van der Waals surface area (Å²) < 4.78 is 0. The minimum Gasteiger partial charge on any atom is -0.673 e. The number of rotatable bonds is 2. The summed E-state index contributed by atoms with van der Waals surface area (Å²) in [4.78, 5) is 0. The van der Waals surface area contributed by atoms with Crippen LogP contribution in [0, 0.1) is 6.42 Å². The quantitative estimate of drug-likeness (QED) is 0.485. The van der Waals surface area contributed by atoms with E-state index in [2.05, 4.69) is 56.7 Å². The molecule has 0 aromatic heterocycles. The minimum atomic E-state index is -0.250. The molecule has 2 heteroatoms. The maximum absolute atomic E-state index is 6.94. The van der Waals surface area contributed by atoms with Gasteiger partial charge < -0.3 is 5.73 Å². The summed E-state index contributed by atoms with van der Waals surface area (Å²) in [6, 6.07) is 8.59. The van der Waals surface area contributed by atoms with E-state index in [4.69, 9.17) is 5.73 Å². The Labute approximate surface area is 139 Å². The van der Waals surface area contributed by atoms with Crippen LogP contribution in [-0.4, -0.2) is 5.54 Å². The van der Waals surface area contributed by atoms with Gasteiger partial charge in [0.15, 0.2) is 0 Å². The Bertz CT molecular complexity index is 472. The molecule has 0 saturated heterocycles. The van der Waals surface area contributed by atoms with Gasteiger partial charge in [-0.15, -0.1) is 23.2 Å². The molecule has 0 amide bonds. The molecule has 0 saturated carbocycles. The van der Waals surface area contributed by atoms with Crippen molar-refractivity contribution in [1.82, 2.24) is 0 Å². The molecule has 0 fully saturated rings. The van der Waals surface area contributed by atoms with E-state index >= 15 is 0 Å². The van der Waals surface area contributed by atoms with Gasteiger partial charge in [0.05, 0.1) is 0 Å². The first-order valence-corrected chi connectivity index (χ1v) is 6.83. The van der Waals surface area contributed by atoms with Crippen molar-refractivity contribution in [2.45, 2.75) is 46.6 Å². The Kier molecular flexibility index (Phi) is 8.19. The number of hydrogen-bond acceptors (Lipinski definition) is 0. The average Bonchev–Trinajstić information content (AvgIpc) is 2.73. The van der Waals surface area contributed by atoms with Crippen LogP contribution in [0.2, 0.25) is 0 Å². The molecule has 106 valence electrons. The Morgan fingerprint density at radius 1 is 1.15 bits per heavy atom. The summed E-state index contributed by atoms with van der Waals surface area (Å²) in [7, 11) is 0. The molecule has 0 bridgehead atoms. The van der Waals surface area contributed by atoms with Gasteiger partial charge in [-0.3, -0.25) is 0 Å². The van der Waals surface area contributed by atoms with E-state index in [0.717, 1.165) is 6.42 Å². The second-order valence-electron chi connectivity index (χ2n) is 5.89. The molecule has 1 aliphatic rings. The van der Waals surface area contributed by atoms with Crippen molar-refractivity contribution in [2.24, 2.45) is 0 Å². The third-order valence-corrected chi connectivity index (χ3v) is 2.76. The molecule has 1 N–H and O–H groups in total. The van der Waals surface area contributed by atoms with Crippen LogP contribution in [0.15, 0.2) is 42.0 Å². The van der Waals surface area contributed by atoms with Crippen LogP contribution >= 0.6 is 0 Å². The fourth-order valence-electron chi connectivity index (χ4n) is 1.96. The van der Waals surface area contributed by atoms with Crippen molar-refractivity contribution < 1.29 is 21.7 Å². The van der Waals surface area contributed by atoms with Crippen LogP contribution in [0.25, 0.3) is 11.3 Å². The largest absolute Gasteiger partial charge is 2.00 e. The molecule has 0 heterocycles. The number of benzene rings is 1. The van der Waals surface area contributed by atoms with Crippen molar-refractivity contribution >= 4 is 5.57 Å². The topological polar surface area (TPSA) is 23.8 Å². The number of allylic oxidation sites excluding steroid dienone is 4. The number of hydrogen-bond donors (Lipinski definition) is 0. The number of nitrogens with one attached hydrogen (secondary N) is 1. The zero-order valence-electron chi connectivity index (χ0n) is 13.2. The van der Waals surface area contributed by atoms with E-state index in [1.54, 1.807) is 0 Å². The Balaban J connectivity index is 0.000000526. The molecule has 1 aromatic carbocycles. The molecule has 20 heavy (non-hydrogen) atoms. The Morgan fingerprint density at radius 3 is 2.15 bits per heavy atom. The zero-order chi connectivity index (χ0) is 14.5. The van der Waals surface area contributed by atoms with E-state index in [1.807, 2.05) is 20.8 Å². The molecular weight excluding hydrogens is 278 g/mol. The molecule has 0 aliphatic heterocycles. The minimum absolute atomic E-state index is 0. The van der Waals surface area contributed by atoms with Crippen LogP contribution < -0.4 is 0 Å². The molecule has 1 nitrogen and oxygen atoms in total. The summed E-state index contributed by atoms with van der Waals surface area (Å²) in [6.45, 7) is 9.84. The first-order valence-electron chi connectivity index (χ1n) is 6.83. The summed E-state index contributed by atoms with van der Waals surface area (Å²) in [5.74, 6) is 0. The summed E-state index contributed by atoms with van der Waals surface area (Å²) in [5, 5.41) is 0. The van der Waals surface area contributed by atoms with E-state index in [9.17, 15) is 0 Å². The van der Waals surface area contributed by atoms with E-state index in [0.29, 0.717) is 0 Å². The van der Waals surface area contributed by atoms with Crippen molar-refractivity contribution in [3.63, 3.8) is 0 Å². The molecular formula is C18H25NTi. The van der Waals surface area contributed by atoms with Crippen molar-refractivity contribution in [1.29, 1.82) is 0 Å². The van der Waals surface area contributed by atoms with Gasteiger partial charge in [-0.05, 0) is 13.3 Å². The van der Waals surface area contributed by atoms with Crippen LogP contribution in [0.5, 0.6) is 0 Å². The second kappa shape index (κ2) is 8.51. The average molecular weight is 303 g/mol. The van der Waals surface area contributed by atoms with Crippen LogP contribution in [0.3, 0.4) is 0 Å². The smallest absolute Gasteiger partial charge is 0.673 e. The van der Waals surface area contributed by atoms with Gasteiger partial charge in [0.2, 0.25) is 0 Å². The normalized spacial score (nSPS) is 13.5. The van der Waals surface area contributed by atoms with Gasteiger partial charge in [-0.25, -0.2) is 0 Å². The predicted molar refractivity (Wildman–Crippen MR) is 85.9 cm³/mol. The zero-order valence-corrected chi connectivity index (χ0v) is 14.8. The van der Waals surface area contributed by atoms with Gasteiger partial charge in [-0.1, -0.05) is 57.1 Å². The molecule has 2 rings (SSSR count). The van der Waals surface area contributed by atoms with Crippen molar-refractivity contribution in [3.8, 4) is 0 Å². The molecule has 0 radical (unpaired) electrons. The molecule has 0 spiro atoms. The first-order chi connectivity index (χ1) is 8.83. The molecule has 1 aromatic rings. The fraction of sp³-hybridized carbons (Fsp3) is 0.389. The maximum atomic E-state index is 6.94. The third kappa shape index (κ3) is 6.61. The first kappa shape index (κ1) is 19.2. The monoisotopic (exact) mass is 303 g/mol. The van der Waals surface area contributed by atoms with Gasteiger partial charge in [-0.2, -0.15) is 18.1 Å². The van der Waals surface area contributed by atoms with Crippen molar-refractivity contribution in [3.05, 3.63) is 65.3 Å².